The topological polar surface area (TPSA) is 81.1 Å². The van der Waals surface area contributed by atoms with Gasteiger partial charge < -0.3 is 15.4 Å². The van der Waals surface area contributed by atoms with Gasteiger partial charge in [0.1, 0.15) is 5.75 Å². The lowest BCUT2D eigenvalue weighted by Gasteiger charge is -2.26. The van der Waals surface area contributed by atoms with Crippen molar-refractivity contribution in [2.75, 3.05) is 11.9 Å². The van der Waals surface area contributed by atoms with Crippen LogP contribution in [0.5, 0.6) is 5.75 Å². The van der Waals surface area contributed by atoms with Crippen LogP contribution in [-0.4, -0.2) is 27.4 Å². The lowest BCUT2D eigenvalue weighted by molar-refractivity contribution is 0.232. The molecule has 7 heteroatoms. The molecule has 1 aromatic carbocycles. The predicted molar refractivity (Wildman–Crippen MR) is 92.8 cm³/mol. The Kier molecular flexibility index (Phi) is 4.04. The van der Waals surface area contributed by atoms with Crippen molar-refractivity contribution in [1.29, 1.82) is 0 Å². The van der Waals surface area contributed by atoms with Crippen molar-refractivity contribution in [1.82, 2.24) is 20.1 Å². The van der Waals surface area contributed by atoms with E-state index in [1.165, 1.54) is 0 Å². The molecule has 3 heterocycles. The van der Waals surface area contributed by atoms with Crippen LogP contribution >= 0.6 is 0 Å². The number of ether oxygens (including phenoxy) is 1. The number of hydrogen-bond donors (Lipinski definition) is 2. The third-order valence-corrected chi connectivity index (χ3v) is 3.99. The molecule has 2 N–H and O–H groups in total. The molecule has 1 aliphatic rings. The summed E-state index contributed by atoms with van der Waals surface area (Å²) in [6.07, 6.45) is 5.74. The number of benzene rings is 1. The second kappa shape index (κ2) is 6.64. The van der Waals surface area contributed by atoms with Gasteiger partial charge in [-0.15, -0.1) is 0 Å². The third kappa shape index (κ3) is 3.30. The first-order chi connectivity index (χ1) is 12.3. The summed E-state index contributed by atoms with van der Waals surface area (Å²) in [6.45, 7) is 0.583. The number of hydrogen-bond acceptors (Lipinski definition) is 4. The fraction of sp³-hybridized carbons (Fsp3) is 0.167. The molecule has 0 saturated heterocycles. The summed E-state index contributed by atoms with van der Waals surface area (Å²) in [6, 6.07) is 13.0. The summed E-state index contributed by atoms with van der Waals surface area (Å²) < 4.78 is 7.22. The van der Waals surface area contributed by atoms with Gasteiger partial charge in [0, 0.05) is 18.2 Å². The predicted octanol–water partition coefficient (Wildman–Crippen LogP) is 2.91. The van der Waals surface area contributed by atoms with Crippen molar-refractivity contribution < 1.29 is 9.53 Å². The fourth-order valence-corrected chi connectivity index (χ4v) is 2.82. The van der Waals surface area contributed by atoms with E-state index in [0.29, 0.717) is 18.1 Å². The van der Waals surface area contributed by atoms with Crippen LogP contribution in [0, 0.1) is 0 Å². The number of para-hydroxylation sites is 1. The number of rotatable bonds is 3. The molecule has 0 saturated carbocycles. The number of amides is 2. The van der Waals surface area contributed by atoms with Gasteiger partial charge in [-0.25, -0.2) is 14.5 Å². The quantitative estimate of drug-likeness (QED) is 0.771. The van der Waals surface area contributed by atoms with Crippen molar-refractivity contribution in [3.05, 3.63) is 66.6 Å². The molecule has 4 rings (SSSR count). The zero-order valence-corrected chi connectivity index (χ0v) is 13.4. The number of nitrogens with zero attached hydrogens (tertiary/aromatic N) is 3. The summed E-state index contributed by atoms with van der Waals surface area (Å²) in [5, 5.41) is 10.0. The summed E-state index contributed by atoms with van der Waals surface area (Å²) in [7, 11) is 0. The molecule has 1 aliphatic heterocycles. The minimum absolute atomic E-state index is 0.0733. The number of fused-ring (bicyclic) bond motifs is 1. The molecule has 0 radical (unpaired) electrons. The molecule has 0 aliphatic carbocycles. The lowest BCUT2D eigenvalue weighted by atomic mass is 10.0. The first-order valence-corrected chi connectivity index (χ1v) is 8.05. The molecule has 25 heavy (non-hydrogen) atoms. The second-order valence-corrected chi connectivity index (χ2v) is 5.69. The minimum atomic E-state index is -0.276. The molecular formula is C18H17N5O2. The van der Waals surface area contributed by atoms with Gasteiger partial charge in [0.2, 0.25) is 0 Å². The van der Waals surface area contributed by atoms with Crippen molar-refractivity contribution in [2.45, 2.75) is 12.5 Å². The zero-order valence-electron chi connectivity index (χ0n) is 13.4. The Morgan fingerprint density at radius 3 is 2.96 bits per heavy atom. The molecule has 7 nitrogen and oxygen atoms in total. The highest BCUT2D eigenvalue weighted by Gasteiger charge is 2.22. The number of aromatic nitrogens is 3. The van der Waals surface area contributed by atoms with Crippen LogP contribution in [0.25, 0.3) is 5.82 Å². The maximum absolute atomic E-state index is 12.3. The summed E-state index contributed by atoms with van der Waals surface area (Å²) in [4.78, 5) is 16.5. The smallest absolute Gasteiger partial charge is 0.319 e. The molecule has 2 amide bonds. The molecule has 2 aromatic heterocycles. The van der Waals surface area contributed by atoms with E-state index in [0.717, 1.165) is 17.7 Å². The molecule has 1 unspecified atom stereocenters. The number of anilines is 1. The van der Waals surface area contributed by atoms with Crippen LogP contribution in [0.4, 0.5) is 10.5 Å². The standard InChI is InChI=1S/C18H17N5O2/c24-18(22-15-8-10-25-16-6-2-1-5-14(15)16)21-13-11-20-23(12-13)17-7-3-4-9-19-17/h1-7,9,11-12,15H,8,10H2,(H2,21,22,24). The third-order valence-electron chi connectivity index (χ3n) is 3.99. The summed E-state index contributed by atoms with van der Waals surface area (Å²) >= 11 is 0. The van der Waals surface area contributed by atoms with Gasteiger partial charge in [-0.2, -0.15) is 5.10 Å². The van der Waals surface area contributed by atoms with Gasteiger partial charge in [0.05, 0.1) is 30.7 Å². The van der Waals surface area contributed by atoms with Crippen LogP contribution in [0.2, 0.25) is 0 Å². The number of pyridine rings is 1. The van der Waals surface area contributed by atoms with Crippen molar-refractivity contribution in [3.63, 3.8) is 0 Å². The van der Waals surface area contributed by atoms with Crippen LogP contribution in [-0.2, 0) is 0 Å². The average Bonchev–Trinajstić information content (AvgIpc) is 3.11. The molecule has 0 fully saturated rings. The normalized spacial score (nSPS) is 15.8. The first-order valence-electron chi connectivity index (χ1n) is 8.05. The molecule has 0 bridgehead atoms. The molecule has 3 aromatic rings. The molecular weight excluding hydrogens is 318 g/mol. The van der Waals surface area contributed by atoms with Gasteiger partial charge in [0.25, 0.3) is 0 Å². The van der Waals surface area contributed by atoms with E-state index in [2.05, 4.69) is 20.7 Å². The first kappa shape index (κ1) is 15.2. The minimum Gasteiger partial charge on any atom is -0.493 e. The lowest BCUT2D eigenvalue weighted by Crippen LogP contribution is -2.35. The second-order valence-electron chi connectivity index (χ2n) is 5.69. The van der Waals surface area contributed by atoms with E-state index in [-0.39, 0.29) is 12.1 Å². The SMILES string of the molecule is O=C(Nc1cnn(-c2ccccn2)c1)NC1CCOc2ccccc21. The maximum Gasteiger partial charge on any atom is 0.319 e. The Morgan fingerprint density at radius 1 is 1.20 bits per heavy atom. The monoisotopic (exact) mass is 335 g/mol. The Labute approximate surface area is 144 Å². The van der Waals surface area contributed by atoms with E-state index < -0.39 is 0 Å². The van der Waals surface area contributed by atoms with Crippen molar-refractivity contribution in [3.8, 4) is 11.6 Å². The van der Waals surface area contributed by atoms with Crippen LogP contribution in [0.15, 0.2) is 61.1 Å². The highest BCUT2D eigenvalue weighted by molar-refractivity contribution is 5.89. The number of nitrogens with one attached hydrogen (secondary N) is 2. The van der Waals surface area contributed by atoms with Crippen LogP contribution < -0.4 is 15.4 Å². The van der Waals surface area contributed by atoms with Gasteiger partial charge in [0.15, 0.2) is 5.82 Å². The number of urea groups is 1. The highest BCUT2D eigenvalue weighted by atomic mass is 16.5. The average molecular weight is 335 g/mol. The highest BCUT2D eigenvalue weighted by Crippen LogP contribution is 2.31. The van der Waals surface area contributed by atoms with Gasteiger partial charge in [-0.3, -0.25) is 0 Å². The Hall–Kier alpha value is -3.35. The summed E-state index contributed by atoms with van der Waals surface area (Å²) in [5.41, 5.74) is 1.59. The Balaban J connectivity index is 1.43. The maximum atomic E-state index is 12.3. The van der Waals surface area contributed by atoms with E-state index in [1.54, 1.807) is 23.3 Å². The van der Waals surface area contributed by atoms with E-state index in [1.807, 2.05) is 42.5 Å². The largest absolute Gasteiger partial charge is 0.493 e. The van der Waals surface area contributed by atoms with E-state index >= 15 is 0 Å². The Bertz CT molecular complexity index is 878. The number of carbonyl (C=O) groups is 1. The number of carbonyl (C=O) groups excluding carboxylic acids is 1. The van der Waals surface area contributed by atoms with E-state index in [4.69, 9.17) is 4.74 Å². The molecule has 126 valence electrons. The fourth-order valence-electron chi connectivity index (χ4n) is 2.82. The van der Waals surface area contributed by atoms with E-state index in [9.17, 15) is 4.79 Å². The van der Waals surface area contributed by atoms with Gasteiger partial charge in [-0.1, -0.05) is 24.3 Å². The van der Waals surface area contributed by atoms with Crippen LogP contribution in [0.1, 0.15) is 18.0 Å². The van der Waals surface area contributed by atoms with Crippen LogP contribution in [0.3, 0.4) is 0 Å². The Morgan fingerprint density at radius 2 is 2.08 bits per heavy atom. The molecule has 1 atom stereocenters. The summed E-state index contributed by atoms with van der Waals surface area (Å²) in [5.74, 6) is 1.51. The van der Waals surface area contributed by atoms with Crippen molar-refractivity contribution in [2.24, 2.45) is 0 Å². The van der Waals surface area contributed by atoms with Gasteiger partial charge in [-0.05, 0) is 18.2 Å². The van der Waals surface area contributed by atoms with Crippen molar-refractivity contribution >= 4 is 11.7 Å². The molecule has 0 spiro atoms. The van der Waals surface area contributed by atoms with Gasteiger partial charge >= 0.3 is 6.03 Å². The zero-order chi connectivity index (χ0) is 17.1.